The van der Waals surface area contributed by atoms with Gasteiger partial charge in [-0.05, 0) is 49.2 Å². The zero-order chi connectivity index (χ0) is 22.0. The number of amides is 2. The van der Waals surface area contributed by atoms with Gasteiger partial charge in [-0.3, -0.25) is 23.9 Å². The van der Waals surface area contributed by atoms with Crippen molar-refractivity contribution in [3.05, 3.63) is 74.6 Å². The lowest BCUT2D eigenvalue weighted by atomic mass is 10.1. The Labute approximate surface area is 186 Å². The summed E-state index contributed by atoms with van der Waals surface area (Å²) in [7, 11) is 0. The highest BCUT2D eigenvalue weighted by Gasteiger charge is 2.38. The van der Waals surface area contributed by atoms with E-state index in [0.717, 1.165) is 11.3 Å². The molecule has 2 heterocycles. The first-order valence-corrected chi connectivity index (χ1v) is 10.8. The van der Waals surface area contributed by atoms with Crippen molar-refractivity contribution in [3.8, 4) is 5.69 Å². The highest BCUT2D eigenvalue weighted by atomic mass is 35.5. The van der Waals surface area contributed by atoms with Crippen LogP contribution in [-0.2, 0) is 4.79 Å². The molecule has 3 aromatic rings. The van der Waals surface area contributed by atoms with Crippen molar-refractivity contribution in [2.45, 2.75) is 25.0 Å². The minimum absolute atomic E-state index is 0.233. The van der Waals surface area contributed by atoms with Gasteiger partial charge in [0.25, 0.3) is 11.5 Å². The van der Waals surface area contributed by atoms with E-state index in [1.807, 2.05) is 0 Å². The maximum absolute atomic E-state index is 12.7. The summed E-state index contributed by atoms with van der Waals surface area (Å²) in [5.74, 6) is -0.984. The first-order valence-electron chi connectivity index (χ1n) is 9.59. The lowest BCUT2D eigenvalue weighted by Crippen LogP contribution is -2.39. The molecule has 10 heteroatoms. The maximum atomic E-state index is 12.7. The van der Waals surface area contributed by atoms with Crippen LogP contribution in [0, 0.1) is 5.92 Å². The Bertz CT molecular complexity index is 1160. The molecule has 0 unspecified atom stereocenters. The summed E-state index contributed by atoms with van der Waals surface area (Å²) >= 11 is 7.02. The number of nitrogens with one attached hydrogen (secondary N) is 2. The highest BCUT2D eigenvalue weighted by Crippen LogP contribution is 2.29. The summed E-state index contributed by atoms with van der Waals surface area (Å²) in [4.78, 5) is 41.1. The van der Waals surface area contributed by atoms with Crippen LogP contribution < -0.4 is 16.2 Å². The Morgan fingerprint density at radius 1 is 1.16 bits per heavy atom. The molecule has 1 aliphatic rings. The molecule has 160 valence electrons. The zero-order valence-corrected chi connectivity index (χ0v) is 17.8. The second-order valence-electron chi connectivity index (χ2n) is 7.24. The minimum atomic E-state index is -0.809. The van der Waals surface area contributed by atoms with Crippen molar-refractivity contribution >= 4 is 40.4 Å². The average Bonchev–Trinajstić information content (AvgIpc) is 3.35. The fourth-order valence-electron chi connectivity index (χ4n) is 3.57. The summed E-state index contributed by atoms with van der Waals surface area (Å²) in [5, 5.41) is 15.9. The maximum Gasteiger partial charge on any atom is 0.273 e. The lowest BCUT2D eigenvalue weighted by Gasteiger charge is -2.15. The molecule has 8 nitrogen and oxygen atoms in total. The molecule has 0 aliphatic heterocycles. The molecule has 2 aromatic heterocycles. The molecule has 0 radical (unpaired) electrons. The molecule has 1 fully saturated rings. The number of carbonyl (C=O) groups excluding carboxylic acids is 2. The third-order valence-corrected chi connectivity index (χ3v) is 6.38. The molecule has 2 amide bonds. The SMILES string of the molecule is O=C(N[C@H]1C[C@@H](C(=O)Nc2ccc(-n3ccncc3=O)cc2)C[C@@H]1O)c1ccc(Cl)s1. The molecule has 3 N–H and O–H groups in total. The van der Waals surface area contributed by atoms with Gasteiger partial charge in [0.1, 0.15) is 0 Å². The molecule has 1 saturated carbocycles. The van der Waals surface area contributed by atoms with Crippen LogP contribution in [-0.4, -0.2) is 38.6 Å². The van der Waals surface area contributed by atoms with Gasteiger partial charge in [0, 0.05) is 29.7 Å². The second-order valence-corrected chi connectivity index (χ2v) is 8.96. The van der Waals surface area contributed by atoms with E-state index in [0.29, 0.717) is 27.0 Å². The number of halogens is 1. The van der Waals surface area contributed by atoms with Crippen molar-refractivity contribution < 1.29 is 14.7 Å². The number of hydrogen-bond donors (Lipinski definition) is 3. The first-order chi connectivity index (χ1) is 14.9. The number of anilines is 1. The van der Waals surface area contributed by atoms with Crippen molar-refractivity contribution in [3.63, 3.8) is 0 Å². The van der Waals surface area contributed by atoms with E-state index in [4.69, 9.17) is 11.6 Å². The van der Waals surface area contributed by atoms with Crippen LogP contribution in [0.15, 0.2) is 59.8 Å². The predicted molar refractivity (Wildman–Crippen MR) is 118 cm³/mol. The number of benzene rings is 1. The lowest BCUT2D eigenvalue weighted by molar-refractivity contribution is -0.119. The number of thiophene rings is 1. The third-order valence-electron chi connectivity index (χ3n) is 5.15. The molecule has 4 rings (SSSR count). The molecule has 0 saturated heterocycles. The number of aliphatic hydroxyl groups is 1. The summed E-state index contributed by atoms with van der Waals surface area (Å²) in [5.41, 5.74) is 0.973. The Kier molecular flexibility index (Phi) is 6.17. The third kappa shape index (κ3) is 4.84. The van der Waals surface area contributed by atoms with Gasteiger partial charge in [0.15, 0.2) is 0 Å². The van der Waals surface area contributed by atoms with Gasteiger partial charge in [-0.15, -0.1) is 11.3 Å². The normalized spacial score (nSPS) is 20.4. The van der Waals surface area contributed by atoms with E-state index in [1.165, 1.54) is 17.0 Å². The number of carbonyl (C=O) groups is 2. The van der Waals surface area contributed by atoms with Crippen LogP contribution in [0.5, 0.6) is 0 Å². The standard InChI is InChI=1S/C21H19ClN4O4S/c22-18-6-5-17(31-18)21(30)25-15-9-12(10-16(15)27)20(29)24-13-1-3-14(4-2-13)26-8-7-23-11-19(26)28/h1-8,11-12,15-16,27H,9-10H2,(H,24,29)(H,25,30)/t12-,15+,16+/m1/s1. The summed E-state index contributed by atoms with van der Waals surface area (Å²) < 4.78 is 1.95. The van der Waals surface area contributed by atoms with E-state index >= 15 is 0 Å². The van der Waals surface area contributed by atoms with E-state index in [1.54, 1.807) is 42.6 Å². The van der Waals surface area contributed by atoms with Crippen LogP contribution >= 0.6 is 22.9 Å². The fourth-order valence-corrected chi connectivity index (χ4v) is 4.52. The van der Waals surface area contributed by atoms with Crippen LogP contribution in [0.1, 0.15) is 22.5 Å². The Balaban J connectivity index is 1.36. The molecular formula is C21H19ClN4O4S. The van der Waals surface area contributed by atoms with Gasteiger partial charge in [-0.2, -0.15) is 0 Å². The number of rotatable bonds is 5. The minimum Gasteiger partial charge on any atom is -0.391 e. The molecule has 0 spiro atoms. The van der Waals surface area contributed by atoms with Crippen LogP contribution in [0.2, 0.25) is 4.34 Å². The molecule has 0 bridgehead atoms. The van der Waals surface area contributed by atoms with E-state index in [9.17, 15) is 19.5 Å². The smallest absolute Gasteiger partial charge is 0.273 e. The fraction of sp³-hybridized carbons (Fsp3) is 0.238. The van der Waals surface area contributed by atoms with Crippen LogP contribution in [0.25, 0.3) is 5.69 Å². The largest absolute Gasteiger partial charge is 0.391 e. The van der Waals surface area contributed by atoms with Crippen molar-refractivity contribution in [1.29, 1.82) is 0 Å². The van der Waals surface area contributed by atoms with Crippen LogP contribution in [0.4, 0.5) is 5.69 Å². The van der Waals surface area contributed by atoms with Gasteiger partial charge in [-0.25, -0.2) is 0 Å². The number of aromatic nitrogens is 2. The highest BCUT2D eigenvalue weighted by molar-refractivity contribution is 7.18. The predicted octanol–water partition coefficient (Wildman–Crippen LogP) is 2.46. The van der Waals surface area contributed by atoms with Gasteiger partial charge in [0.2, 0.25) is 5.91 Å². The monoisotopic (exact) mass is 458 g/mol. The topological polar surface area (TPSA) is 113 Å². The number of hydrogen-bond acceptors (Lipinski definition) is 6. The number of aliphatic hydroxyl groups excluding tert-OH is 1. The van der Waals surface area contributed by atoms with Gasteiger partial charge in [0.05, 0.1) is 27.6 Å². The van der Waals surface area contributed by atoms with Crippen LogP contribution in [0.3, 0.4) is 0 Å². The molecule has 31 heavy (non-hydrogen) atoms. The number of nitrogens with zero attached hydrogens (tertiary/aromatic N) is 2. The second kappa shape index (κ2) is 9.01. The Hall–Kier alpha value is -3.01. The van der Waals surface area contributed by atoms with Crippen molar-refractivity contribution in [2.75, 3.05) is 5.32 Å². The summed E-state index contributed by atoms with van der Waals surface area (Å²) in [6.07, 6.45) is 4.09. The summed E-state index contributed by atoms with van der Waals surface area (Å²) in [6, 6.07) is 9.59. The van der Waals surface area contributed by atoms with Crippen molar-refractivity contribution in [2.24, 2.45) is 5.92 Å². The Morgan fingerprint density at radius 3 is 2.61 bits per heavy atom. The molecule has 1 aliphatic carbocycles. The quantitative estimate of drug-likeness (QED) is 0.543. The zero-order valence-electron chi connectivity index (χ0n) is 16.2. The average molecular weight is 459 g/mol. The first kappa shape index (κ1) is 21.2. The summed E-state index contributed by atoms with van der Waals surface area (Å²) in [6.45, 7) is 0. The molecular weight excluding hydrogens is 440 g/mol. The van der Waals surface area contributed by atoms with Crippen molar-refractivity contribution in [1.82, 2.24) is 14.9 Å². The van der Waals surface area contributed by atoms with E-state index in [-0.39, 0.29) is 23.8 Å². The molecule has 1 aromatic carbocycles. The van der Waals surface area contributed by atoms with Gasteiger partial charge < -0.3 is 15.7 Å². The van der Waals surface area contributed by atoms with Gasteiger partial charge >= 0.3 is 0 Å². The van der Waals surface area contributed by atoms with E-state index in [2.05, 4.69) is 15.6 Å². The Morgan fingerprint density at radius 2 is 1.94 bits per heavy atom. The van der Waals surface area contributed by atoms with Gasteiger partial charge in [-0.1, -0.05) is 11.6 Å². The molecule has 3 atom stereocenters. The van der Waals surface area contributed by atoms with E-state index < -0.39 is 18.1 Å².